The van der Waals surface area contributed by atoms with E-state index in [2.05, 4.69) is 4.90 Å². The van der Waals surface area contributed by atoms with Gasteiger partial charge in [0.1, 0.15) is 0 Å². The third-order valence-electron chi connectivity index (χ3n) is 3.36. The maximum atomic E-state index is 10.7. The number of likely N-dealkylation sites (tertiary alicyclic amines) is 1. The minimum atomic E-state index is -0.413. The number of nitrogen functional groups attached to an aromatic ring is 1. The van der Waals surface area contributed by atoms with E-state index in [4.69, 9.17) is 10.8 Å². The van der Waals surface area contributed by atoms with Gasteiger partial charge in [0.25, 0.3) is 5.69 Å². The maximum absolute atomic E-state index is 10.7. The molecule has 1 heterocycles. The molecule has 1 fully saturated rings. The number of aliphatic hydroxyl groups excluding tert-OH is 1. The SMILES string of the molecule is Nc1ccc([N+](=O)[O-])cc1CN1CCC(CO)C1. The number of hydrogen-bond donors (Lipinski definition) is 2. The van der Waals surface area contributed by atoms with Gasteiger partial charge in [-0.15, -0.1) is 0 Å². The van der Waals surface area contributed by atoms with Gasteiger partial charge < -0.3 is 10.8 Å². The van der Waals surface area contributed by atoms with Crippen LogP contribution in [0.5, 0.6) is 0 Å². The summed E-state index contributed by atoms with van der Waals surface area (Å²) in [4.78, 5) is 12.5. The Balaban J connectivity index is 2.09. The Hall–Kier alpha value is -1.66. The second-order valence-electron chi connectivity index (χ2n) is 4.71. The van der Waals surface area contributed by atoms with Crippen LogP contribution in [0, 0.1) is 16.0 Å². The molecule has 18 heavy (non-hydrogen) atoms. The summed E-state index contributed by atoms with van der Waals surface area (Å²) >= 11 is 0. The zero-order valence-corrected chi connectivity index (χ0v) is 10.1. The lowest BCUT2D eigenvalue weighted by Gasteiger charge is -2.16. The first kappa shape index (κ1) is 12.8. The van der Waals surface area contributed by atoms with Gasteiger partial charge in [0.15, 0.2) is 0 Å². The van der Waals surface area contributed by atoms with E-state index in [9.17, 15) is 10.1 Å². The molecule has 2 rings (SSSR count). The molecule has 0 amide bonds. The van der Waals surface area contributed by atoms with E-state index in [0.29, 0.717) is 18.2 Å². The van der Waals surface area contributed by atoms with Crippen molar-refractivity contribution in [2.45, 2.75) is 13.0 Å². The number of nitro groups is 1. The van der Waals surface area contributed by atoms with Crippen LogP contribution in [0.4, 0.5) is 11.4 Å². The average molecular weight is 251 g/mol. The highest BCUT2D eigenvalue weighted by atomic mass is 16.6. The fourth-order valence-electron chi connectivity index (χ4n) is 2.29. The molecule has 1 aliphatic rings. The Bertz CT molecular complexity index is 450. The molecule has 1 unspecified atom stereocenters. The fraction of sp³-hybridized carbons (Fsp3) is 0.500. The van der Waals surface area contributed by atoms with Crippen molar-refractivity contribution in [3.8, 4) is 0 Å². The van der Waals surface area contributed by atoms with Crippen molar-refractivity contribution >= 4 is 11.4 Å². The summed E-state index contributed by atoms with van der Waals surface area (Å²) in [5.74, 6) is 0.310. The monoisotopic (exact) mass is 251 g/mol. The van der Waals surface area contributed by atoms with E-state index in [0.717, 1.165) is 25.1 Å². The van der Waals surface area contributed by atoms with Gasteiger partial charge in [-0.3, -0.25) is 15.0 Å². The largest absolute Gasteiger partial charge is 0.398 e. The second-order valence-corrected chi connectivity index (χ2v) is 4.71. The minimum absolute atomic E-state index is 0.0668. The topological polar surface area (TPSA) is 92.6 Å². The molecule has 98 valence electrons. The molecule has 3 N–H and O–H groups in total. The Morgan fingerprint density at radius 3 is 2.94 bits per heavy atom. The van der Waals surface area contributed by atoms with Crippen molar-refractivity contribution in [3.63, 3.8) is 0 Å². The first-order valence-corrected chi connectivity index (χ1v) is 5.96. The van der Waals surface area contributed by atoms with Crippen LogP contribution < -0.4 is 5.73 Å². The molecule has 0 bridgehead atoms. The van der Waals surface area contributed by atoms with Gasteiger partial charge in [-0.1, -0.05) is 0 Å². The first-order chi connectivity index (χ1) is 8.60. The lowest BCUT2D eigenvalue weighted by Crippen LogP contribution is -2.21. The van der Waals surface area contributed by atoms with Gasteiger partial charge in [-0.2, -0.15) is 0 Å². The third-order valence-corrected chi connectivity index (χ3v) is 3.36. The van der Waals surface area contributed by atoms with E-state index in [1.165, 1.54) is 12.1 Å². The number of hydrogen-bond acceptors (Lipinski definition) is 5. The molecular weight excluding hydrogens is 234 g/mol. The average Bonchev–Trinajstić information content (AvgIpc) is 2.79. The summed E-state index contributed by atoms with van der Waals surface area (Å²) in [5, 5.41) is 19.8. The zero-order valence-electron chi connectivity index (χ0n) is 10.1. The van der Waals surface area contributed by atoms with E-state index in [1.54, 1.807) is 6.07 Å². The van der Waals surface area contributed by atoms with E-state index >= 15 is 0 Å². The minimum Gasteiger partial charge on any atom is -0.398 e. The Morgan fingerprint density at radius 1 is 1.56 bits per heavy atom. The summed E-state index contributed by atoms with van der Waals surface area (Å²) < 4.78 is 0. The van der Waals surface area contributed by atoms with Gasteiger partial charge in [-0.25, -0.2) is 0 Å². The summed E-state index contributed by atoms with van der Waals surface area (Å²) in [6.07, 6.45) is 0.964. The molecule has 1 atom stereocenters. The van der Waals surface area contributed by atoms with Crippen LogP contribution in [0.1, 0.15) is 12.0 Å². The van der Waals surface area contributed by atoms with Crippen molar-refractivity contribution in [1.29, 1.82) is 0 Å². The maximum Gasteiger partial charge on any atom is 0.269 e. The van der Waals surface area contributed by atoms with Crippen LogP contribution in [0.25, 0.3) is 0 Å². The van der Waals surface area contributed by atoms with Crippen molar-refractivity contribution < 1.29 is 10.0 Å². The molecule has 0 radical (unpaired) electrons. The second kappa shape index (κ2) is 5.32. The quantitative estimate of drug-likeness (QED) is 0.473. The number of non-ortho nitro benzene ring substituents is 1. The van der Waals surface area contributed by atoms with Crippen LogP contribution in [0.15, 0.2) is 18.2 Å². The molecule has 6 heteroatoms. The van der Waals surface area contributed by atoms with Gasteiger partial charge in [0.05, 0.1) is 4.92 Å². The van der Waals surface area contributed by atoms with Crippen LogP contribution in [-0.4, -0.2) is 34.6 Å². The summed E-state index contributed by atoms with van der Waals surface area (Å²) in [5.41, 5.74) is 7.26. The molecular formula is C12H17N3O3. The standard InChI is InChI=1S/C12H17N3O3/c13-12-2-1-11(15(17)18)5-10(12)7-14-4-3-9(6-14)8-16/h1-2,5,9,16H,3-4,6-8,13H2. The van der Waals surface area contributed by atoms with Gasteiger partial charge in [-0.05, 0) is 30.5 Å². The van der Waals surface area contributed by atoms with Crippen molar-refractivity contribution in [2.24, 2.45) is 5.92 Å². The van der Waals surface area contributed by atoms with Gasteiger partial charge in [0.2, 0.25) is 0 Å². The highest BCUT2D eigenvalue weighted by Gasteiger charge is 2.22. The lowest BCUT2D eigenvalue weighted by atomic mass is 10.1. The molecule has 0 aromatic heterocycles. The molecule has 1 aliphatic heterocycles. The predicted octanol–water partition coefficient (Wildman–Crippen LogP) is 0.991. The molecule has 0 spiro atoms. The number of nitro benzene ring substituents is 1. The van der Waals surface area contributed by atoms with Crippen LogP contribution in [0.3, 0.4) is 0 Å². The molecule has 0 aliphatic carbocycles. The third kappa shape index (κ3) is 2.77. The van der Waals surface area contributed by atoms with Crippen molar-refractivity contribution in [1.82, 2.24) is 4.90 Å². The summed E-state index contributed by atoms with van der Waals surface area (Å²) in [7, 11) is 0. The summed E-state index contributed by atoms with van der Waals surface area (Å²) in [6.45, 7) is 2.51. The number of nitrogens with two attached hydrogens (primary N) is 1. The predicted molar refractivity (Wildman–Crippen MR) is 68.0 cm³/mol. The lowest BCUT2D eigenvalue weighted by molar-refractivity contribution is -0.384. The molecule has 1 aromatic rings. The van der Waals surface area contributed by atoms with Crippen LogP contribution in [-0.2, 0) is 6.54 Å². The number of rotatable bonds is 4. The smallest absolute Gasteiger partial charge is 0.269 e. The van der Waals surface area contributed by atoms with Crippen LogP contribution >= 0.6 is 0 Å². The number of anilines is 1. The van der Waals surface area contributed by atoms with Crippen LogP contribution in [0.2, 0.25) is 0 Å². The number of nitrogens with zero attached hydrogens (tertiary/aromatic N) is 2. The molecule has 1 saturated heterocycles. The molecule has 1 aromatic carbocycles. The Morgan fingerprint density at radius 2 is 2.33 bits per heavy atom. The van der Waals surface area contributed by atoms with E-state index in [-0.39, 0.29) is 12.3 Å². The first-order valence-electron chi connectivity index (χ1n) is 5.96. The normalized spacial score (nSPS) is 20.2. The van der Waals surface area contributed by atoms with Crippen molar-refractivity contribution in [2.75, 3.05) is 25.4 Å². The highest BCUT2D eigenvalue weighted by Crippen LogP contribution is 2.24. The summed E-state index contributed by atoms with van der Waals surface area (Å²) in [6, 6.07) is 4.52. The van der Waals surface area contributed by atoms with E-state index < -0.39 is 4.92 Å². The van der Waals surface area contributed by atoms with Gasteiger partial charge >= 0.3 is 0 Å². The molecule has 0 saturated carbocycles. The molecule has 6 nitrogen and oxygen atoms in total. The van der Waals surface area contributed by atoms with Gasteiger partial charge in [0, 0.05) is 37.5 Å². The Kier molecular flexibility index (Phi) is 3.78. The number of aliphatic hydroxyl groups is 1. The highest BCUT2D eigenvalue weighted by molar-refractivity contribution is 5.52. The van der Waals surface area contributed by atoms with E-state index in [1.807, 2.05) is 0 Å². The Labute approximate surface area is 105 Å². The number of benzene rings is 1. The zero-order chi connectivity index (χ0) is 13.1. The van der Waals surface area contributed by atoms with Crippen molar-refractivity contribution in [3.05, 3.63) is 33.9 Å². The fourth-order valence-corrected chi connectivity index (χ4v) is 2.29.